The summed E-state index contributed by atoms with van der Waals surface area (Å²) in [4.78, 5) is 27.2. The predicted molar refractivity (Wildman–Crippen MR) is 123 cm³/mol. The molecule has 30 heavy (non-hydrogen) atoms. The molecule has 0 aliphatic rings. The zero-order valence-corrected chi connectivity index (χ0v) is 19.7. The van der Waals surface area contributed by atoms with Crippen molar-refractivity contribution in [1.29, 1.82) is 0 Å². The average Bonchev–Trinajstić information content (AvgIpc) is 2.74. The number of carbonyl (C=O) groups excluding carboxylic acids is 2. The van der Waals surface area contributed by atoms with Crippen LogP contribution < -0.4 is 10.1 Å². The van der Waals surface area contributed by atoms with Gasteiger partial charge in [-0.3, -0.25) is 9.59 Å². The molecule has 0 spiro atoms. The van der Waals surface area contributed by atoms with Crippen LogP contribution in [0.2, 0.25) is 0 Å². The number of ether oxygens (including phenoxy) is 1. The van der Waals surface area contributed by atoms with Crippen LogP contribution in [0.4, 0.5) is 0 Å². The molecule has 1 atom stereocenters. The molecule has 0 fully saturated rings. The van der Waals surface area contributed by atoms with Crippen molar-refractivity contribution in [2.75, 3.05) is 13.2 Å². The van der Waals surface area contributed by atoms with Gasteiger partial charge in [-0.25, -0.2) is 0 Å². The van der Waals surface area contributed by atoms with E-state index in [9.17, 15) is 9.59 Å². The normalized spacial score (nSPS) is 11.8. The molecule has 2 aromatic rings. The molecule has 1 N–H and O–H groups in total. The molecule has 0 aliphatic carbocycles. The predicted octanol–water partition coefficient (Wildman–Crippen LogP) is 4.58. The van der Waals surface area contributed by atoms with E-state index in [2.05, 4.69) is 28.2 Å². The third-order valence-corrected chi connectivity index (χ3v) is 5.28. The minimum Gasteiger partial charge on any atom is -0.484 e. The van der Waals surface area contributed by atoms with Gasteiger partial charge in [0.15, 0.2) is 6.61 Å². The number of halogens is 1. The molecule has 0 aliphatic heterocycles. The smallest absolute Gasteiger partial charge is 0.261 e. The number of hydrogen-bond donors (Lipinski definition) is 1. The van der Waals surface area contributed by atoms with Crippen molar-refractivity contribution in [3.63, 3.8) is 0 Å². The van der Waals surface area contributed by atoms with E-state index in [-0.39, 0.29) is 18.4 Å². The van der Waals surface area contributed by atoms with Crippen LogP contribution in [0.1, 0.15) is 38.8 Å². The van der Waals surface area contributed by atoms with Crippen LogP contribution >= 0.6 is 15.9 Å². The van der Waals surface area contributed by atoms with Crippen LogP contribution in [0.25, 0.3) is 0 Å². The summed E-state index contributed by atoms with van der Waals surface area (Å²) in [6.07, 6.45) is 0.947. The molecule has 0 aromatic heterocycles. The van der Waals surface area contributed by atoms with Crippen molar-refractivity contribution in [2.24, 2.45) is 5.92 Å². The zero-order chi connectivity index (χ0) is 22.1. The minimum atomic E-state index is -0.610. The molecule has 5 nitrogen and oxygen atoms in total. The van der Waals surface area contributed by atoms with E-state index in [0.717, 1.165) is 16.5 Å². The summed E-state index contributed by atoms with van der Waals surface area (Å²) < 4.78 is 6.63. The Bertz CT molecular complexity index is 837. The standard InChI is InChI=1S/C24H31BrN2O3/c1-5-19-9-11-22(12-10-19)30-16-23(28)27(15-20-7-6-8-21(25)13-20)18(4)24(29)26-14-17(2)3/h6-13,17-18H,5,14-16H2,1-4H3,(H,26,29)/t18-/m1/s1. The molecule has 0 bridgehead atoms. The van der Waals surface area contributed by atoms with Crippen molar-refractivity contribution in [3.05, 3.63) is 64.1 Å². The van der Waals surface area contributed by atoms with Crippen molar-refractivity contribution in [1.82, 2.24) is 10.2 Å². The highest BCUT2D eigenvalue weighted by Crippen LogP contribution is 2.17. The van der Waals surface area contributed by atoms with Gasteiger partial charge in [0.1, 0.15) is 11.8 Å². The van der Waals surface area contributed by atoms with Gasteiger partial charge in [0, 0.05) is 17.6 Å². The maximum atomic E-state index is 13.0. The Labute approximate surface area is 187 Å². The van der Waals surface area contributed by atoms with Crippen LogP contribution in [0, 0.1) is 5.92 Å². The van der Waals surface area contributed by atoms with E-state index in [1.54, 1.807) is 11.8 Å². The third kappa shape index (κ3) is 7.48. The van der Waals surface area contributed by atoms with Crippen LogP contribution in [-0.4, -0.2) is 35.9 Å². The second-order valence-electron chi connectivity index (χ2n) is 7.75. The highest BCUT2D eigenvalue weighted by Gasteiger charge is 2.26. The molecule has 0 saturated carbocycles. The highest BCUT2D eigenvalue weighted by molar-refractivity contribution is 9.10. The first-order valence-corrected chi connectivity index (χ1v) is 11.1. The SMILES string of the molecule is CCc1ccc(OCC(=O)N(Cc2cccc(Br)c2)[C@H](C)C(=O)NCC(C)C)cc1. The Hall–Kier alpha value is -2.34. The lowest BCUT2D eigenvalue weighted by Gasteiger charge is -2.29. The molecule has 162 valence electrons. The number of rotatable bonds is 10. The van der Waals surface area contributed by atoms with Crippen LogP contribution in [0.15, 0.2) is 53.0 Å². The second kappa shape index (κ2) is 11.7. The van der Waals surface area contributed by atoms with Gasteiger partial charge < -0.3 is 15.0 Å². The van der Waals surface area contributed by atoms with Gasteiger partial charge in [0.25, 0.3) is 5.91 Å². The van der Waals surface area contributed by atoms with Gasteiger partial charge in [0.2, 0.25) is 5.91 Å². The summed E-state index contributed by atoms with van der Waals surface area (Å²) in [7, 11) is 0. The average molecular weight is 475 g/mol. The summed E-state index contributed by atoms with van der Waals surface area (Å²) in [5.41, 5.74) is 2.15. The number of aryl methyl sites for hydroxylation is 1. The largest absolute Gasteiger partial charge is 0.484 e. The third-order valence-electron chi connectivity index (χ3n) is 4.79. The molecule has 0 saturated heterocycles. The van der Waals surface area contributed by atoms with Gasteiger partial charge in [0.05, 0.1) is 0 Å². The molecule has 2 amide bonds. The second-order valence-corrected chi connectivity index (χ2v) is 8.67. The van der Waals surface area contributed by atoms with Gasteiger partial charge >= 0.3 is 0 Å². The summed E-state index contributed by atoms with van der Waals surface area (Å²) in [5.74, 6) is 0.575. The number of hydrogen-bond acceptors (Lipinski definition) is 3. The van der Waals surface area contributed by atoms with Gasteiger partial charge in [-0.05, 0) is 54.7 Å². The molecular weight excluding hydrogens is 444 g/mol. The topological polar surface area (TPSA) is 58.6 Å². The fourth-order valence-corrected chi connectivity index (χ4v) is 3.36. The van der Waals surface area contributed by atoms with E-state index in [0.29, 0.717) is 24.8 Å². The number of nitrogens with zero attached hydrogens (tertiary/aromatic N) is 1. The van der Waals surface area contributed by atoms with Gasteiger partial charge in [-0.1, -0.05) is 61.0 Å². The van der Waals surface area contributed by atoms with Crippen molar-refractivity contribution >= 4 is 27.7 Å². The highest BCUT2D eigenvalue weighted by atomic mass is 79.9. The summed E-state index contributed by atoms with van der Waals surface area (Å²) >= 11 is 3.46. The molecule has 2 rings (SSSR count). The summed E-state index contributed by atoms with van der Waals surface area (Å²) in [6.45, 7) is 8.68. The first-order chi connectivity index (χ1) is 14.3. The summed E-state index contributed by atoms with van der Waals surface area (Å²) in [5, 5.41) is 2.92. The first kappa shape index (κ1) is 23.9. The Morgan fingerprint density at radius 2 is 1.77 bits per heavy atom. The number of amides is 2. The van der Waals surface area contributed by atoms with Crippen molar-refractivity contribution < 1.29 is 14.3 Å². The van der Waals surface area contributed by atoms with Crippen molar-refractivity contribution in [2.45, 2.75) is 46.7 Å². The Balaban J connectivity index is 2.11. The molecule has 0 unspecified atom stereocenters. The molecule has 2 aromatic carbocycles. The van der Waals surface area contributed by atoms with Gasteiger partial charge in [-0.2, -0.15) is 0 Å². The monoisotopic (exact) mass is 474 g/mol. The Kier molecular flexibility index (Phi) is 9.37. The lowest BCUT2D eigenvalue weighted by atomic mass is 10.1. The maximum absolute atomic E-state index is 13.0. The molecular formula is C24H31BrN2O3. The van der Waals surface area contributed by atoms with E-state index in [1.165, 1.54) is 5.56 Å². The minimum absolute atomic E-state index is 0.124. The molecule has 0 heterocycles. The number of benzene rings is 2. The summed E-state index contributed by atoms with van der Waals surface area (Å²) in [6, 6.07) is 14.8. The Morgan fingerprint density at radius 1 is 1.07 bits per heavy atom. The fourth-order valence-electron chi connectivity index (χ4n) is 2.92. The molecule has 0 radical (unpaired) electrons. The quantitative estimate of drug-likeness (QED) is 0.548. The zero-order valence-electron chi connectivity index (χ0n) is 18.2. The Morgan fingerprint density at radius 3 is 2.37 bits per heavy atom. The van der Waals surface area contributed by atoms with E-state index >= 15 is 0 Å². The van der Waals surface area contributed by atoms with E-state index in [4.69, 9.17) is 4.74 Å². The van der Waals surface area contributed by atoms with Crippen LogP contribution in [0.5, 0.6) is 5.75 Å². The van der Waals surface area contributed by atoms with E-state index in [1.807, 2.05) is 62.4 Å². The van der Waals surface area contributed by atoms with Gasteiger partial charge in [-0.15, -0.1) is 0 Å². The van der Waals surface area contributed by atoms with Crippen LogP contribution in [0.3, 0.4) is 0 Å². The fraction of sp³-hybridized carbons (Fsp3) is 0.417. The maximum Gasteiger partial charge on any atom is 0.261 e. The number of nitrogens with one attached hydrogen (secondary N) is 1. The lowest BCUT2D eigenvalue weighted by molar-refractivity contribution is -0.142. The van der Waals surface area contributed by atoms with E-state index < -0.39 is 6.04 Å². The number of carbonyl (C=O) groups is 2. The van der Waals surface area contributed by atoms with Crippen molar-refractivity contribution in [3.8, 4) is 5.75 Å². The first-order valence-electron chi connectivity index (χ1n) is 10.3. The molecule has 6 heteroatoms. The lowest BCUT2D eigenvalue weighted by Crippen LogP contribution is -2.49. The van der Waals surface area contributed by atoms with Crippen LogP contribution in [-0.2, 0) is 22.6 Å².